The van der Waals surface area contributed by atoms with Gasteiger partial charge in [0.2, 0.25) is 0 Å². The third kappa shape index (κ3) is 6.53. The van der Waals surface area contributed by atoms with Crippen molar-refractivity contribution >= 4 is 18.4 Å². The van der Waals surface area contributed by atoms with E-state index < -0.39 is 23.6 Å². The monoisotopic (exact) mass is 467 g/mol. The Morgan fingerprint density at radius 2 is 1.84 bits per heavy atom. The summed E-state index contributed by atoms with van der Waals surface area (Å²) in [7, 11) is 0. The third-order valence-electron chi connectivity index (χ3n) is 5.00. The molecule has 0 radical (unpaired) electrons. The van der Waals surface area contributed by atoms with E-state index in [1.54, 1.807) is 13.8 Å². The number of hydrogen-bond donors (Lipinski definition) is 1. The number of esters is 1. The molecule has 32 heavy (non-hydrogen) atoms. The molecule has 2 N–H and O–H groups in total. The highest BCUT2D eigenvalue weighted by Gasteiger charge is 2.26. The van der Waals surface area contributed by atoms with Crippen LogP contribution in [0.5, 0.6) is 5.75 Å². The van der Waals surface area contributed by atoms with Crippen molar-refractivity contribution in [1.82, 2.24) is 0 Å². The maximum atomic E-state index is 15.6. The van der Waals surface area contributed by atoms with Crippen molar-refractivity contribution in [1.29, 1.82) is 0 Å². The van der Waals surface area contributed by atoms with Crippen molar-refractivity contribution in [3.05, 3.63) is 64.7 Å². The number of hydrogen-bond acceptors (Lipinski definition) is 4. The predicted octanol–water partition coefficient (Wildman–Crippen LogP) is 6.28. The van der Waals surface area contributed by atoms with Gasteiger partial charge in [-0.2, -0.15) is 0 Å². The zero-order chi connectivity index (χ0) is 23.1. The molecule has 0 heterocycles. The fourth-order valence-corrected chi connectivity index (χ4v) is 3.60. The van der Waals surface area contributed by atoms with Gasteiger partial charge in [-0.25, -0.2) is 8.78 Å². The van der Waals surface area contributed by atoms with E-state index in [0.717, 1.165) is 24.0 Å². The molecule has 2 rings (SSSR count). The van der Waals surface area contributed by atoms with Crippen LogP contribution in [0.3, 0.4) is 0 Å². The Balaban J connectivity index is 0.00000512. The van der Waals surface area contributed by atoms with E-state index in [4.69, 9.17) is 15.2 Å². The fraction of sp³-hybridized carbons (Fsp3) is 0.400. The first-order valence-electron chi connectivity index (χ1n) is 10.5. The number of allylic oxidation sites excluding steroid dienone is 1. The van der Waals surface area contributed by atoms with Crippen LogP contribution in [0.4, 0.5) is 8.78 Å². The highest BCUT2D eigenvalue weighted by atomic mass is 35.5. The van der Waals surface area contributed by atoms with Gasteiger partial charge in [-0.15, -0.1) is 19.0 Å². The van der Waals surface area contributed by atoms with E-state index in [9.17, 15) is 9.18 Å². The Labute approximate surface area is 195 Å². The maximum Gasteiger partial charge on any atom is 0.307 e. The molecule has 7 heteroatoms. The van der Waals surface area contributed by atoms with Crippen LogP contribution < -0.4 is 10.5 Å². The number of aryl methyl sites for hydroxylation is 3. The molecule has 0 spiro atoms. The molecule has 0 aliphatic carbocycles. The zero-order valence-electron chi connectivity index (χ0n) is 19.1. The topological polar surface area (TPSA) is 61.5 Å². The van der Waals surface area contributed by atoms with Crippen LogP contribution in [0.15, 0.2) is 30.9 Å². The second kappa shape index (κ2) is 12.6. The number of halogens is 3. The summed E-state index contributed by atoms with van der Waals surface area (Å²) in [6.07, 6.45) is 3.07. The molecule has 176 valence electrons. The Kier molecular flexibility index (Phi) is 10.8. The van der Waals surface area contributed by atoms with Crippen LogP contribution in [-0.4, -0.2) is 19.2 Å². The van der Waals surface area contributed by atoms with E-state index in [-0.39, 0.29) is 42.1 Å². The summed E-state index contributed by atoms with van der Waals surface area (Å²) < 4.78 is 41.4. The largest absolute Gasteiger partial charge is 0.493 e. The van der Waals surface area contributed by atoms with Crippen molar-refractivity contribution in [3.8, 4) is 16.9 Å². The van der Waals surface area contributed by atoms with E-state index in [2.05, 4.69) is 6.58 Å². The summed E-state index contributed by atoms with van der Waals surface area (Å²) in [4.78, 5) is 11.8. The highest BCUT2D eigenvalue weighted by molar-refractivity contribution is 5.85. The first-order valence-corrected chi connectivity index (χ1v) is 10.5. The molecule has 0 saturated heterocycles. The summed E-state index contributed by atoms with van der Waals surface area (Å²) >= 11 is 0. The number of rotatable bonds is 10. The van der Waals surface area contributed by atoms with Gasteiger partial charge >= 0.3 is 5.97 Å². The minimum atomic E-state index is -1.17. The molecule has 2 aromatic rings. The lowest BCUT2D eigenvalue weighted by Crippen LogP contribution is -2.20. The summed E-state index contributed by atoms with van der Waals surface area (Å²) in [6, 6.07) is 4.05. The van der Waals surface area contributed by atoms with Crippen LogP contribution in [-0.2, 0) is 9.53 Å². The number of carbonyl (C=O) groups excluding carboxylic acids is 1. The molecule has 4 nitrogen and oxygen atoms in total. The Hall–Kier alpha value is -2.44. The van der Waals surface area contributed by atoms with E-state index in [1.165, 1.54) is 6.07 Å². The van der Waals surface area contributed by atoms with Gasteiger partial charge in [0, 0.05) is 22.7 Å². The van der Waals surface area contributed by atoms with E-state index in [0.29, 0.717) is 17.9 Å². The van der Waals surface area contributed by atoms with Crippen LogP contribution in [0.2, 0.25) is 0 Å². The number of unbranched alkanes of at least 4 members (excludes halogenated alkanes) is 1. The molecular weight excluding hydrogens is 436 g/mol. The smallest absolute Gasteiger partial charge is 0.307 e. The number of nitrogens with two attached hydrogens (primary N) is 1. The number of carbonyl (C=O) groups is 1. The molecule has 0 aromatic heterocycles. The van der Waals surface area contributed by atoms with Crippen molar-refractivity contribution in [2.24, 2.45) is 5.73 Å². The molecule has 0 bridgehead atoms. The standard InChI is InChI=1S/C25H31F2NO3.ClH/c1-6-8-9-10-31-20-12-15(3)11-16(4)22(20)18-13-17(5)24(26)23(25(18)27)19(28)14-21(29)30-7-2;/h6,11-13,19H,1,7-10,14,28H2,2-5H3;1H/t19-;/m0./s1. The average Bonchev–Trinajstić information content (AvgIpc) is 2.68. The number of benzene rings is 2. The second-order valence-electron chi connectivity index (χ2n) is 7.63. The second-order valence-corrected chi connectivity index (χ2v) is 7.63. The van der Waals surface area contributed by atoms with Crippen LogP contribution >= 0.6 is 12.4 Å². The maximum absolute atomic E-state index is 15.6. The summed E-state index contributed by atoms with van der Waals surface area (Å²) in [5.41, 5.74) is 8.48. The first kappa shape index (κ1) is 27.6. The molecule has 0 aliphatic heterocycles. The average molecular weight is 468 g/mol. The quantitative estimate of drug-likeness (QED) is 0.254. The summed E-state index contributed by atoms with van der Waals surface area (Å²) in [5.74, 6) is -1.62. The minimum absolute atomic E-state index is 0. The van der Waals surface area contributed by atoms with Crippen molar-refractivity contribution in [2.45, 2.75) is 53.0 Å². The molecular formula is C25H32ClF2NO3. The van der Waals surface area contributed by atoms with Crippen molar-refractivity contribution in [3.63, 3.8) is 0 Å². The van der Waals surface area contributed by atoms with Crippen molar-refractivity contribution in [2.75, 3.05) is 13.2 Å². The lowest BCUT2D eigenvalue weighted by Gasteiger charge is -2.20. The van der Waals surface area contributed by atoms with E-state index in [1.807, 2.05) is 32.1 Å². The predicted molar refractivity (Wildman–Crippen MR) is 126 cm³/mol. The fourth-order valence-electron chi connectivity index (χ4n) is 3.60. The molecule has 1 atom stereocenters. The first-order chi connectivity index (χ1) is 14.7. The minimum Gasteiger partial charge on any atom is -0.493 e. The Bertz CT molecular complexity index is 963. The molecule has 0 saturated carbocycles. The molecule has 0 amide bonds. The molecule has 2 aromatic carbocycles. The molecule has 0 aliphatic rings. The van der Waals surface area contributed by atoms with Gasteiger partial charge in [-0.1, -0.05) is 12.1 Å². The zero-order valence-corrected chi connectivity index (χ0v) is 19.9. The van der Waals surface area contributed by atoms with Gasteiger partial charge in [0.1, 0.15) is 17.4 Å². The van der Waals surface area contributed by atoms with Gasteiger partial charge in [0.15, 0.2) is 0 Å². The van der Waals surface area contributed by atoms with Crippen LogP contribution in [0, 0.1) is 32.4 Å². The number of ether oxygens (including phenoxy) is 2. The molecule has 0 unspecified atom stereocenters. The van der Waals surface area contributed by atoms with E-state index >= 15 is 4.39 Å². The lowest BCUT2D eigenvalue weighted by molar-refractivity contribution is -0.143. The van der Waals surface area contributed by atoms with Gasteiger partial charge < -0.3 is 15.2 Å². The van der Waals surface area contributed by atoms with Crippen LogP contribution in [0.25, 0.3) is 11.1 Å². The SMILES string of the molecule is C=CCCCOc1cc(C)cc(C)c1-c1cc(C)c(F)c([C@@H](N)CC(=O)OCC)c1F.Cl. The van der Waals surface area contributed by atoms with Gasteiger partial charge in [0.05, 0.1) is 19.6 Å². The van der Waals surface area contributed by atoms with Gasteiger partial charge in [-0.05, 0) is 69.4 Å². The molecule has 0 fully saturated rings. The summed E-state index contributed by atoms with van der Waals surface area (Å²) in [5, 5.41) is 0. The highest BCUT2D eigenvalue weighted by Crippen LogP contribution is 2.40. The lowest BCUT2D eigenvalue weighted by atomic mass is 9.91. The van der Waals surface area contributed by atoms with Crippen LogP contribution in [0.1, 0.15) is 54.5 Å². The normalized spacial score (nSPS) is 11.5. The van der Waals surface area contributed by atoms with Gasteiger partial charge in [0.25, 0.3) is 0 Å². The third-order valence-corrected chi connectivity index (χ3v) is 5.00. The Morgan fingerprint density at radius 3 is 2.47 bits per heavy atom. The Morgan fingerprint density at radius 1 is 1.16 bits per heavy atom. The summed E-state index contributed by atoms with van der Waals surface area (Å²) in [6.45, 7) is 11.3. The van der Waals surface area contributed by atoms with Gasteiger partial charge in [-0.3, -0.25) is 4.79 Å². The van der Waals surface area contributed by atoms with Crippen molar-refractivity contribution < 1.29 is 23.0 Å².